The van der Waals surface area contributed by atoms with Crippen molar-refractivity contribution < 1.29 is 18.4 Å². The molecular formula is C17H15ClF2N2O2S. The Morgan fingerprint density at radius 3 is 2.48 bits per heavy atom. The van der Waals surface area contributed by atoms with E-state index in [1.165, 1.54) is 28.4 Å². The van der Waals surface area contributed by atoms with E-state index in [1.807, 2.05) is 0 Å². The van der Waals surface area contributed by atoms with Crippen LogP contribution in [0.1, 0.15) is 11.8 Å². The zero-order valence-corrected chi connectivity index (χ0v) is 14.8. The molecule has 1 aromatic carbocycles. The summed E-state index contributed by atoms with van der Waals surface area (Å²) < 4.78 is 27.7. The van der Waals surface area contributed by atoms with Crippen molar-refractivity contribution >= 4 is 46.5 Å². The number of likely N-dealkylation sites (N-methyl/N-ethyl adjacent to an activating group) is 1. The van der Waals surface area contributed by atoms with E-state index in [2.05, 4.69) is 5.32 Å². The molecule has 0 saturated carbocycles. The zero-order chi connectivity index (χ0) is 18.4. The first-order valence-electron chi connectivity index (χ1n) is 7.37. The Morgan fingerprint density at radius 1 is 1.24 bits per heavy atom. The van der Waals surface area contributed by atoms with Crippen LogP contribution in [-0.2, 0) is 9.59 Å². The molecule has 0 atom stereocenters. The molecule has 4 nitrogen and oxygen atoms in total. The lowest BCUT2D eigenvalue weighted by Gasteiger charge is -2.18. The monoisotopic (exact) mass is 384 g/mol. The lowest BCUT2D eigenvalue weighted by atomic mass is 10.3. The third-order valence-electron chi connectivity index (χ3n) is 3.24. The first-order valence-corrected chi connectivity index (χ1v) is 8.56. The predicted octanol–water partition coefficient (Wildman–Crippen LogP) is 4.18. The molecule has 132 valence electrons. The second-order valence-corrected chi connectivity index (χ2v) is 6.72. The van der Waals surface area contributed by atoms with Gasteiger partial charge < -0.3 is 10.2 Å². The Kier molecular flexibility index (Phi) is 6.66. The van der Waals surface area contributed by atoms with Crippen LogP contribution in [0, 0.1) is 11.6 Å². The van der Waals surface area contributed by atoms with Crippen LogP contribution < -0.4 is 5.32 Å². The summed E-state index contributed by atoms with van der Waals surface area (Å²) in [4.78, 5) is 26.2. The molecule has 0 bridgehead atoms. The van der Waals surface area contributed by atoms with Gasteiger partial charge in [-0.15, -0.1) is 11.3 Å². The molecule has 1 aromatic heterocycles. The molecule has 0 saturated heterocycles. The fraction of sp³-hybridized carbons (Fsp3) is 0.176. The number of carbonyl (C=O) groups is 2. The lowest BCUT2D eigenvalue weighted by molar-refractivity contribution is -0.130. The average Bonchev–Trinajstić information content (AvgIpc) is 2.99. The Morgan fingerprint density at radius 2 is 1.92 bits per heavy atom. The number of anilines is 1. The maximum absolute atomic E-state index is 13.5. The van der Waals surface area contributed by atoms with Crippen LogP contribution in [0.5, 0.6) is 0 Å². The van der Waals surface area contributed by atoms with Gasteiger partial charge in [0, 0.05) is 17.5 Å². The standard InChI is InChI=1S/C17H15ClF2N2O2S/c1-2-22(16(24)9-7-11-6-8-14(18)25-11)10-15(23)21-17-12(19)4-3-5-13(17)20/h3-9H,2,10H2,1H3,(H,21,23)/b9-7+. The lowest BCUT2D eigenvalue weighted by Crippen LogP contribution is -2.37. The summed E-state index contributed by atoms with van der Waals surface area (Å²) in [6.07, 6.45) is 2.92. The topological polar surface area (TPSA) is 49.4 Å². The second-order valence-electron chi connectivity index (χ2n) is 4.97. The van der Waals surface area contributed by atoms with Crippen LogP contribution in [0.4, 0.5) is 14.5 Å². The molecular weight excluding hydrogens is 370 g/mol. The highest BCUT2D eigenvalue weighted by molar-refractivity contribution is 7.17. The smallest absolute Gasteiger partial charge is 0.247 e. The Balaban J connectivity index is 1.99. The number of rotatable bonds is 6. The minimum atomic E-state index is -0.878. The Bertz CT molecular complexity index is 787. The molecule has 25 heavy (non-hydrogen) atoms. The quantitative estimate of drug-likeness (QED) is 0.759. The highest BCUT2D eigenvalue weighted by Crippen LogP contribution is 2.22. The minimum absolute atomic E-state index is 0.265. The van der Waals surface area contributed by atoms with Gasteiger partial charge in [-0.3, -0.25) is 9.59 Å². The Hall–Kier alpha value is -2.25. The summed E-state index contributed by atoms with van der Waals surface area (Å²) in [5, 5.41) is 2.15. The van der Waals surface area contributed by atoms with Gasteiger partial charge in [0.2, 0.25) is 11.8 Å². The number of nitrogens with one attached hydrogen (secondary N) is 1. The number of thiophene rings is 1. The van der Waals surface area contributed by atoms with E-state index in [9.17, 15) is 18.4 Å². The number of benzene rings is 1. The van der Waals surface area contributed by atoms with Crippen LogP contribution in [0.25, 0.3) is 6.08 Å². The van der Waals surface area contributed by atoms with Crippen molar-refractivity contribution in [1.29, 1.82) is 0 Å². The average molecular weight is 385 g/mol. The summed E-state index contributed by atoms with van der Waals surface area (Å²) in [5.41, 5.74) is -0.528. The Labute approximate surface area is 152 Å². The van der Waals surface area contributed by atoms with Crippen LogP contribution in [0.15, 0.2) is 36.4 Å². The molecule has 1 N–H and O–H groups in total. The molecule has 2 rings (SSSR count). The largest absolute Gasteiger partial charge is 0.330 e. The molecule has 2 aromatic rings. The molecule has 0 radical (unpaired) electrons. The third kappa shape index (κ3) is 5.37. The van der Waals surface area contributed by atoms with Crippen LogP contribution in [0.2, 0.25) is 4.34 Å². The highest BCUT2D eigenvalue weighted by Gasteiger charge is 2.16. The molecule has 0 fully saturated rings. The fourth-order valence-electron chi connectivity index (χ4n) is 1.99. The van der Waals surface area contributed by atoms with Crippen LogP contribution in [-0.4, -0.2) is 29.8 Å². The van der Waals surface area contributed by atoms with Gasteiger partial charge in [0.15, 0.2) is 0 Å². The van der Waals surface area contributed by atoms with E-state index in [0.29, 0.717) is 4.34 Å². The van der Waals surface area contributed by atoms with Gasteiger partial charge in [0.05, 0.1) is 4.34 Å². The van der Waals surface area contributed by atoms with Crippen molar-refractivity contribution in [3.8, 4) is 0 Å². The van der Waals surface area contributed by atoms with E-state index in [1.54, 1.807) is 25.1 Å². The summed E-state index contributed by atoms with van der Waals surface area (Å²) in [6, 6.07) is 6.75. The van der Waals surface area contributed by atoms with E-state index in [0.717, 1.165) is 17.0 Å². The van der Waals surface area contributed by atoms with E-state index in [4.69, 9.17) is 11.6 Å². The third-order valence-corrected chi connectivity index (χ3v) is 4.44. The summed E-state index contributed by atoms with van der Waals surface area (Å²) in [5.74, 6) is -2.84. The first kappa shape index (κ1) is 19.1. The molecule has 0 aliphatic heterocycles. The number of carbonyl (C=O) groups excluding carboxylic acids is 2. The number of halogens is 3. The fourth-order valence-corrected chi connectivity index (χ4v) is 2.96. The van der Waals surface area contributed by atoms with Crippen LogP contribution >= 0.6 is 22.9 Å². The van der Waals surface area contributed by atoms with Gasteiger partial charge in [0.25, 0.3) is 0 Å². The van der Waals surface area contributed by atoms with E-state index < -0.39 is 29.1 Å². The van der Waals surface area contributed by atoms with Gasteiger partial charge in [-0.2, -0.15) is 0 Å². The van der Waals surface area contributed by atoms with Crippen molar-refractivity contribution in [2.24, 2.45) is 0 Å². The number of nitrogens with zero attached hydrogens (tertiary/aromatic N) is 1. The molecule has 1 heterocycles. The van der Waals surface area contributed by atoms with Gasteiger partial charge in [-0.05, 0) is 37.3 Å². The first-order chi connectivity index (χ1) is 11.9. The van der Waals surface area contributed by atoms with Gasteiger partial charge in [0.1, 0.15) is 23.9 Å². The minimum Gasteiger partial charge on any atom is -0.330 e. The van der Waals surface area contributed by atoms with E-state index >= 15 is 0 Å². The normalized spacial score (nSPS) is 10.9. The number of amides is 2. The van der Waals surface area contributed by atoms with Crippen molar-refractivity contribution in [1.82, 2.24) is 4.90 Å². The maximum atomic E-state index is 13.5. The molecule has 8 heteroatoms. The second kappa shape index (κ2) is 8.73. The van der Waals surface area contributed by atoms with Crippen molar-refractivity contribution in [2.75, 3.05) is 18.4 Å². The SMILES string of the molecule is CCN(CC(=O)Nc1c(F)cccc1F)C(=O)/C=C/c1ccc(Cl)s1. The highest BCUT2D eigenvalue weighted by atomic mass is 35.5. The van der Waals surface area contributed by atoms with Crippen molar-refractivity contribution in [3.63, 3.8) is 0 Å². The van der Waals surface area contributed by atoms with Crippen LogP contribution in [0.3, 0.4) is 0 Å². The van der Waals surface area contributed by atoms with Crippen molar-refractivity contribution in [2.45, 2.75) is 6.92 Å². The number of hydrogen-bond donors (Lipinski definition) is 1. The summed E-state index contributed by atoms with van der Waals surface area (Å²) in [6.45, 7) is 1.64. The molecule has 0 aliphatic rings. The molecule has 0 unspecified atom stereocenters. The summed E-state index contributed by atoms with van der Waals surface area (Å²) >= 11 is 7.13. The predicted molar refractivity (Wildman–Crippen MR) is 95.6 cm³/mol. The molecule has 0 spiro atoms. The number of para-hydroxylation sites is 1. The maximum Gasteiger partial charge on any atom is 0.247 e. The van der Waals surface area contributed by atoms with Gasteiger partial charge in [-0.1, -0.05) is 17.7 Å². The zero-order valence-electron chi connectivity index (χ0n) is 13.3. The van der Waals surface area contributed by atoms with Gasteiger partial charge in [-0.25, -0.2) is 8.78 Å². The van der Waals surface area contributed by atoms with Crippen molar-refractivity contribution in [3.05, 3.63) is 57.3 Å². The number of hydrogen-bond acceptors (Lipinski definition) is 3. The summed E-state index contributed by atoms with van der Waals surface area (Å²) in [7, 11) is 0. The molecule has 0 aliphatic carbocycles. The van der Waals surface area contributed by atoms with E-state index in [-0.39, 0.29) is 13.1 Å². The molecule has 2 amide bonds. The van der Waals surface area contributed by atoms with Gasteiger partial charge >= 0.3 is 0 Å².